The summed E-state index contributed by atoms with van der Waals surface area (Å²) in [6.45, 7) is 0.784. The van der Waals surface area contributed by atoms with E-state index in [0.29, 0.717) is 13.0 Å². The fraction of sp³-hybridized carbons (Fsp3) is 0.538. The summed E-state index contributed by atoms with van der Waals surface area (Å²) < 4.78 is 60.1. The van der Waals surface area contributed by atoms with Gasteiger partial charge in [-0.05, 0) is 31.0 Å². The third kappa shape index (κ3) is 5.24. The predicted octanol–water partition coefficient (Wildman–Crippen LogP) is 0.804. The zero-order valence-electron chi connectivity index (χ0n) is 12.8. The highest BCUT2D eigenvalue weighted by atomic mass is 32.2. The van der Waals surface area contributed by atoms with Crippen LogP contribution in [0.1, 0.15) is 12.8 Å². The molecule has 0 amide bonds. The van der Waals surface area contributed by atoms with Crippen LogP contribution in [0.25, 0.3) is 0 Å². The first-order valence-corrected chi connectivity index (χ1v) is 9.96. The van der Waals surface area contributed by atoms with Crippen LogP contribution in [-0.2, 0) is 24.6 Å². The van der Waals surface area contributed by atoms with Gasteiger partial charge in [-0.25, -0.2) is 21.6 Å². The van der Waals surface area contributed by atoms with Gasteiger partial charge in [0.25, 0.3) is 0 Å². The Balaban J connectivity index is 3.01. The summed E-state index contributed by atoms with van der Waals surface area (Å²) in [5.74, 6) is 0.0943. The van der Waals surface area contributed by atoms with Crippen LogP contribution in [0.4, 0.5) is 0 Å². The van der Waals surface area contributed by atoms with Crippen LogP contribution in [0.2, 0.25) is 0 Å². The van der Waals surface area contributed by atoms with Gasteiger partial charge in [0.15, 0.2) is 9.84 Å². The van der Waals surface area contributed by atoms with E-state index >= 15 is 0 Å². The number of nitrogens with one attached hydrogen (secondary N) is 1. The number of methoxy groups -OCH3 is 2. The molecule has 0 aliphatic heterocycles. The summed E-state index contributed by atoms with van der Waals surface area (Å²) in [6, 6.07) is 3.74. The van der Waals surface area contributed by atoms with Gasteiger partial charge < -0.3 is 9.47 Å². The average molecular weight is 351 g/mol. The lowest BCUT2D eigenvalue weighted by Crippen LogP contribution is -2.25. The van der Waals surface area contributed by atoms with E-state index in [2.05, 4.69) is 4.72 Å². The Labute approximate surface area is 131 Å². The van der Waals surface area contributed by atoms with Gasteiger partial charge in [0, 0.05) is 26.5 Å². The Morgan fingerprint density at radius 1 is 1.09 bits per heavy atom. The number of ether oxygens (including phenoxy) is 2. The molecule has 0 spiro atoms. The van der Waals surface area contributed by atoms with Crippen LogP contribution in [0, 0.1) is 0 Å². The normalized spacial score (nSPS) is 12.3. The molecule has 0 unspecified atom stereocenters. The molecule has 9 heteroatoms. The number of benzene rings is 1. The van der Waals surface area contributed by atoms with Crippen molar-refractivity contribution in [3.63, 3.8) is 0 Å². The number of hydrogen-bond donors (Lipinski definition) is 1. The number of sulfonamides is 1. The van der Waals surface area contributed by atoms with Crippen molar-refractivity contribution in [3.8, 4) is 5.75 Å². The Morgan fingerprint density at radius 3 is 2.32 bits per heavy atom. The second-order valence-corrected chi connectivity index (χ2v) is 8.43. The first-order chi connectivity index (χ1) is 10.2. The molecular weight excluding hydrogens is 330 g/mol. The monoisotopic (exact) mass is 351 g/mol. The smallest absolute Gasteiger partial charge is 0.244 e. The third-order valence-electron chi connectivity index (χ3n) is 2.92. The minimum Gasteiger partial charge on any atom is -0.495 e. The highest BCUT2D eigenvalue weighted by Gasteiger charge is 2.21. The van der Waals surface area contributed by atoms with Crippen molar-refractivity contribution < 1.29 is 26.3 Å². The van der Waals surface area contributed by atoms with Gasteiger partial charge in [-0.2, -0.15) is 0 Å². The van der Waals surface area contributed by atoms with E-state index in [1.807, 2.05) is 0 Å². The maximum atomic E-state index is 12.3. The van der Waals surface area contributed by atoms with Crippen LogP contribution in [-0.4, -0.2) is 50.5 Å². The second-order valence-electron chi connectivity index (χ2n) is 4.68. The first kappa shape index (κ1) is 18.9. The molecule has 0 aliphatic carbocycles. The van der Waals surface area contributed by atoms with Gasteiger partial charge in [-0.15, -0.1) is 0 Å². The molecule has 0 aromatic heterocycles. The molecular formula is C13H21NO6S2. The first-order valence-electron chi connectivity index (χ1n) is 6.59. The van der Waals surface area contributed by atoms with Gasteiger partial charge in [-0.1, -0.05) is 0 Å². The summed E-state index contributed by atoms with van der Waals surface area (Å²) in [5, 5.41) is 0. The zero-order valence-corrected chi connectivity index (χ0v) is 14.5. The molecule has 126 valence electrons. The molecule has 0 heterocycles. The summed E-state index contributed by atoms with van der Waals surface area (Å²) >= 11 is 0. The fourth-order valence-corrected chi connectivity index (χ4v) is 3.74. The molecule has 0 radical (unpaired) electrons. The molecule has 0 aliphatic rings. The van der Waals surface area contributed by atoms with Crippen LogP contribution in [0.5, 0.6) is 5.75 Å². The standard InChI is InChI=1S/C13H21NO6S2/c1-19-9-5-4-8-14-22(17,18)13-10-11(21(3,15)16)6-7-12(13)20-2/h6-7,10,14H,4-5,8-9H2,1-3H3. The molecule has 0 fully saturated rings. The van der Waals surface area contributed by atoms with E-state index in [4.69, 9.17) is 9.47 Å². The summed E-state index contributed by atoms with van der Waals surface area (Å²) in [7, 11) is -4.46. The SMILES string of the molecule is COCCCCNS(=O)(=O)c1cc(S(C)(=O)=O)ccc1OC. The molecule has 1 aromatic rings. The number of rotatable bonds is 9. The minimum atomic E-state index is -3.85. The van der Waals surface area contributed by atoms with Crippen molar-refractivity contribution in [1.29, 1.82) is 0 Å². The predicted molar refractivity (Wildman–Crippen MR) is 82.4 cm³/mol. The van der Waals surface area contributed by atoms with Gasteiger partial charge in [0.05, 0.1) is 12.0 Å². The molecule has 7 nitrogen and oxygen atoms in total. The number of hydrogen-bond acceptors (Lipinski definition) is 6. The topological polar surface area (TPSA) is 98.8 Å². The lowest BCUT2D eigenvalue weighted by molar-refractivity contribution is 0.193. The average Bonchev–Trinajstić information content (AvgIpc) is 2.45. The van der Waals surface area contributed by atoms with Crippen LogP contribution in [0.3, 0.4) is 0 Å². The molecule has 1 N–H and O–H groups in total. The zero-order chi connectivity index (χ0) is 16.8. The highest BCUT2D eigenvalue weighted by Crippen LogP contribution is 2.26. The van der Waals surface area contributed by atoms with E-state index in [9.17, 15) is 16.8 Å². The molecule has 0 atom stereocenters. The van der Waals surface area contributed by atoms with Crippen molar-refractivity contribution in [2.45, 2.75) is 22.6 Å². The summed E-state index contributed by atoms with van der Waals surface area (Å²) in [6.07, 6.45) is 2.35. The Morgan fingerprint density at radius 2 is 1.77 bits per heavy atom. The van der Waals surface area contributed by atoms with E-state index in [-0.39, 0.29) is 22.1 Å². The summed E-state index contributed by atoms with van der Waals surface area (Å²) in [4.78, 5) is -0.266. The fourth-order valence-electron chi connectivity index (χ4n) is 1.75. The van der Waals surface area contributed by atoms with Gasteiger partial charge in [0.1, 0.15) is 10.6 Å². The highest BCUT2D eigenvalue weighted by molar-refractivity contribution is 7.91. The largest absolute Gasteiger partial charge is 0.495 e. The van der Waals surface area contributed by atoms with E-state index in [1.165, 1.54) is 19.2 Å². The van der Waals surface area contributed by atoms with Crippen molar-refractivity contribution >= 4 is 19.9 Å². The van der Waals surface area contributed by atoms with Crippen molar-refractivity contribution in [2.24, 2.45) is 0 Å². The number of sulfone groups is 1. The van der Waals surface area contributed by atoms with E-state index in [1.54, 1.807) is 7.11 Å². The Kier molecular flexibility index (Phi) is 6.79. The van der Waals surface area contributed by atoms with Crippen molar-refractivity contribution in [3.05, 3.63) is 18.2 Å². The maximum Gasteiger partial charge on any atom is 0.244 e. The molecule has 1 rings (SSSR count). The molecule has 1 aromatic carbocycles. The van der Waals surface area contributed by atoms with E-state index < -0.39 is 19.9 Å². The quantitative estimate of drug-likeness (QED) is 0.661. The lowest BCUT2D eigenvalue weighted by atomic mass is 10.3. The Hall–Kier alpha value is -1.16. The molecule has 0 saturated carbocycles. The van der Waals surface area contributed by atoms with Crippen molar-refractivity contribution in [2.75, 3.05) is 33.6 Å². The molecule has 22 heavy (non-hydrogen) atoms. The number of unbranched alkanes of at least 4 members (excludes halogenated alkanes) is 1. The molecule has 0 bridgehead atoms. The van der Waals surface area contributed by atoms with Crippen LogP contribution in [0.15, 0.2) is 28.0 Å². The van der Waals surface area contributed by atoms with Gasteiger partial charge in [0.2, 0.25) is 10.0 Å². The van der Waals surface area contributed by atoms with Crippen molar-refractivity contribution in [1.82, 2.24) is 4.72 Å². The van der Waals surface area contributed by atoms with Crippen LogP contribution >= 0.6 is 0 Å². The second kappa shape index (κ2) is 7.91. The maximum absolute atomic E-state index is 12.3. The van der Waals surface area contributed by atoms with Gasteiger partial charge in [-0.3, -0.25) is 0 Å². The minimum absolute atomic E-state index is 0.0759. The third-order valence-corrected chi connectivity index (χ3v) is 5.51. The Bertz CT molecular complexity index is 697. The summed E-state index contributed by atoms with van der Waals surface area (Å²) in [5.41, 5.74) is 0. The van der Waals surface area contributed by atoms with E-state index in [0.717, 1.165) is 18.7 Å². The lowest BCUT2D eigenvalue weighted by Gasteiger charge is -2.12. The van der Waals surface area contributed by atoms with Crippen LogP contribution < -0.4 is 9.46 Å². The van der Waals surface area contributed by atoms with Gasteiger partial charge >= 0.3 is 0 Å². The molecule has 0 saturated heterocycles.